The van der Waals surface area contributed by atoms with Crippen LogP contribution in [0.2, 0.25) is 0 Å². The Bertz CT molecular complexity index is 791. The van der Waals surface area contributed by atoms with E-state index < -0.39 is 0 Å². The van der Waals surface area contributed by atoms with Gasteiger partial charge in [0.1, 0.15) is 6.23 Å². The lowest BCUT2D eigenvalue weighted by Crippen LogP contribution is -2.36. The number of allylic oxidation sites excluding steroid dienone is 2. The van der Waals surface area contributed by atoms with Gasteiger partial charge in [-0.2, -0.15) is 5.10 Å². The molecule has 158 valence electrons. The van der Waals surface area contributed by atoms with Crippen LogP contribution in [0.5, 0.6) is 0 Å². The summed E-state index contributed by atoms with van der Waals surface area (Å²) in [6.07, 6.45) is 12.3. The van der Waals surface area contributed by atoms with Crippen molar-refractivity contribution in [1.82, 2.24) is 14.7 Å². The molecule has 2 saturated heterocycles. The normalized spacial score (nSPS) is 27.7. The molecule has 0 saturated carbocycles. The molecule has 2 aliphatic heterocycles. The van der Waals surface area contributed by atoms with Gasteiger partial charge < -0.3 is 9.64 Å². The van der Waals surface area contributed by atoms with Gasteiger partial charge in [0.05, 0.1) is 16.7 Å². The first-order valence-corrected chi connectivity index (χ1v) is 11.2. The first-order valence-electron chi connectivity index (χ1n) is 11.2. The molecule has 0 radical (unpaired) electrons. The van der Waals surface area contributed by atoms with Crippen LogP contribution in [0.25, 0.3) is 5.57 Å². The lowest BCUT2D eigenvalue weighted by atomic mass is 9.73. The Hall–Kier alpha value is -1.95. The lowest BCUT2D eigenvalue weighted by molar-refractivity contribution is -0.136. The van der Waals surface area contributed by atoms with Crippen LogP contribution in [0, 0.1) is 11.3 Å². The molecule has 2 unspecified atom stereocenters. The first-order chi connectivity index (χ1) is 14.0. The Balaban J connectivity index is 1.48. The summed E-state index contributed by atoms with van der Waals surface area (Å²) in [5.41, 5.74) is 2.25. The van der Waals surface area contributed by atoms with Crippen LogP contribution in [0.3, 0.4) is 0 Å². The van der Waals surface area contributed by atoms with E-state index in [2.05, 4.69) is 24.8 Å². The topological polar surface area (TPSA) is 64.4 Å². The fraction of sp³-hybridized carbons (Fsp3) is 0.696. The molecule has 1 aliphatic carbocycles. The van der Waals surface area contributed by atoms with Gasteiger partial charge in [0.25, 0.3) is 0 Å². The van der Waals surface area contributed by atoms with Gasteiger partial charge in [0, 0.05) is 25.9 Å². The molecule has 29 heavy (non-hydrogen) atoms. The van der Waals surface area contributed by atoms with Gasteiger partial charge in [-0.25, -0.2) is 4.68 Å². The highest BCUT2D eigenvalue weighted by molar-refractivity contribution is 5.88. The molecule has 3 aliphatic rings. The van der Waals surface area contributed by atoms with Crippen molar-refractivity contribution in [2.45, 2.75) is 71.4 Å². The van der Waals surface area contributed by atoms with Crippen LogP contribution in [0.15, 0.2) is 12.3 Å². The van der Waals surface area contributed by atoms with E-state index in [4.69, 9.17) is 9.84 Å². The van der Waals surface area contributed by atoms with Crippen LogP contribution in [0.1, 0.15) is 87.5 Å². The number of aromatic nitrogens is 2. The van der Waals surface area contributed by atoms with Crippen molar-refractivity contribution in [3.63, 3.8) is 0 Å². The summed E-state index contributed by atoms with van der Waals surface area (Å²) in [7, 11) is 0. The summed E-state index contributed by atoms with van der Waals surface area (Å²) in [6, 6.07) is 0. The number of ether oxygens (including phenoxy) is 1. The van der Waals surface area contributed by atoms with Gasteiger partial charge in [-0.05, 0) is 62.9 Å². The van der Waals surface area contributed by atoms with Crippen LogP contribution < -0.4 is 0 Å². The van der Waals surface area contributed by atoms with Crippen molar-refractivity contribution in [3.8, 4) is 0 Å². The maximum atomic E-state index is 13.1. The number of hydrogen-bond acceptors (Lipinski definition) is 4. The summed E-state index contributed by atoms with van der Waals surface area (Å²) >= 11 is 0. The first kappa shape index (κ1) is 20.3. The van der Waals surface area contributed by atoms with Gasteiger partial charge >= 0.3 is 0 Å². The summed E-state index contributed by atoms with van der Waals surface area (Å²) in [5.74, 6) is 0.937. The standard InChI is InChI=1S/C23H33N3O3/c1-17(2)8-12-25-13-11-23(22(25)28)9-6-18(7-10-23)21-19(16-27)15-26(24-21)20-5-3-4-14-29-20/h6,15-17,20H,3-5,7-14H2,1-2H3. The number of nitrogens with zero attached hydrogens (tertiary/aromatic N) is 3. The highest BCUT2D eigenvalue weighted by Gasteiger charge is 2.46. The van der Waals surface area contributed by atoms with E-state index in [-0.39, 0.29) is 11.6 Å². The monoisotopic (exact) mass is 399 g/mol. The van der Waals surface area contributed by atoms with E-state index in [0.717, 1.165) is 88.6 Å². The van der Waals surface area contributed by atoms with Crippen molar-refractivity contribution in [2.24, 2.45) is 11.3 Å². The third-order valence-corrected chi connectivity index (χ3v) is 6.83. The molecule has 1 aromatic heterocycles. The smallest absolute Gasteiger partial charge is 0.229 e. The highest BCUT2D eigenvalue weighted by Crippen LogP contribution is 2.46. The second-order valence-corrected chi connectivity index (χ2v) is 9.29. The van der Waals surface area contributed by atoms with Crippen LogP contribution in [0.4, 0.5) is 0 Å². The molecule has 2 fully saturated rings. The van der Waals surface area contributed by atoms with E-state index in [0.29, 0.717) is 17.4 Å². The predicted octanol–water partition coefficient (Wildman–Crippen LogP) is 4.23. The molecule has 6 heteroatoms. The molecular formula is C23H33N3O3. The minimum Gasteiger partial charge on any atom is -0.357 e. The van der Waals surface area contributed by atoms with Crippen molar-refractivity contribution < 1.29 is 14.3 Å². The Morgan fingerprint density at radius 3 is 2.86 bits per heavy atom. The van der Waals surface area contributed by atoms with Gasteiger partial charge in [-0.15, -0.1) is 0 Å². The molecule has 1 aromatic rings. The number of rotatable bonds is 6. The number of likely N-dealkylation sites (tertiary alicyclic amines) is 1. The van der Waals surface area contributed by atoms with Crippen LogP contribution in [-0.4, -0.2) is 46.6 Å². The molecule has 0 aromatic carbocycles. The molecule has 0 N–H and O–H groups in total. The highest BCUT2D eigenvalue weighted by atomic mass is 16.5. The number of aldehydes is 1. The van der Waals surface area contributed by atoms with Gasteiger partial charge in [-0.3, -0.25) is 9.59 Å². The molecule has 0 bridgehead atoms. The summed E-state index contributed by atoms with van der Waals surface area (Å²) in [5, 5.41) is 4.72. The Kier molecular flexibility index (Phi) is 5.91. The minimum atomic E-state index is -0.239. The number of hydrogen-bond donors (Lipinski definition) is 0. The second-order valence-electron chi connectivity index (χ2n) is 9.29. The second kappa shape index (κ2) is 8.42. The maximum Gasteiger partial charge on any atom is 0.229 e. The summed E-state index contributed by atoms with van der Waals surface area (Å²) < 4.78 is 7.64. The molecule has 1 amide bonds. The third-order valence-electron chi connectivity index (χ3n) is 6.83. The molecule has 6 nitrogen and oxygen atoms in total. The van der Waals surface area contributed by atoms with E-state index >= 15 is 0 Å². The fourth-order valence-electron chi connectivity index (χ4n) is 4.87. The quantitative estimate of drug-likeness (QED) is 0.672. The van der Waals surface area contributed by atoms with E-state index in [1.54, 1.807) is 0 Å². The largest absolute Gasteiger partial charge is 0.357 e. The summed E-state index contributed by atoms with van der Waals surface area (Å²) in [4.78, 5) is 26.8. The van der Waals surface area contributed by atoms with E-state index in [9.17, 15) is 9.59 Å². The molecule has 4 rings (SSSR count). The number of carbonyl (C=O) groups is 2. The Morgan fingerprint density at radius 2 is 2.21 bits per heavy atom. The van der Waals surface area contributed by atoms with Gasteiger partial charge in [-0.1, -0.05) is 19.9 Å². The van der Waals surface area contributed by atoms with E-state index in [1.807, 2.05) is 10.9 Å². The third kappa shape index (κ3) is 4.04. The molecular weight excluding hydrogens is 366 g/mol. The van der Waals surface area contributed by atoms with Gasteiger partial charge in [0.2, 0.25) is 5.91 Å². The lowest BCUT2D eigenvalue weighted by Gasteiger charge is -2.31. The van der Waals surface area contributed by atoms with Crippen LogP contribution >= 0.6 is 0 Å². The molecule has 3 heterocycles. The maximum absolute atomic E-state index is 13.1. The van der Waals surface area contributed by atoms with Crippen molar-refractivity contribution in [1.29, 1.82) is 0 Å². The van der Waals surface area contributed by atoms with E-state index in [1.165, 1.54) is 0 Å². The number of amides is 1. The Labute approximate surface area is 173 Å². The number of carbonyl (C=O) groups excluding carboxylic acids is 2. The minimum absolute atomic E-state index is 0.0716. The van der Waals surface area contributed by atoms with Crippen molar-refractivity contribution in [2.75, 3.05) is 19.7 Å². The summed E-state index contributed by atoms with van der Waals surface area (Å²) in [6.45, 7) is 6.90. The Morgan fingerprint density at radius 1 is 1.34 bits per heavy atom. The molecule has 2 atom stereocenters. The average Bonchev–Trinajstić information content (AvgIpc) is 3.30. The predicted molar refractivity (Wildman–Crippen MR) is 111 cm³/mol. The fourth-order valence-corrected chi connectivity index (χ4v) is 4.87. The molecule has 1 spiro atoms. The zero-order chi connectivity index (χ0) is 20.4. The van der Waals surface area contributed by atoms with Gasteiger partial charge in [0.15, 0.2) is 6.29 Å². The SMILES string of the molecule is CC(C)CCN1CCC2(CC=C(c3nn(C4CCCCO4)cc3C=O)CC2)C1=O. The van der Waals surface area contributed by atoms with Crippen molar-refractivity contribution >= 4 is 17.8 Å². The zero-order valence-corrected chi connectivity index (χ0v) is 17.7. The van der Waals surface area contributed by atoms with Crippen LogP contribution in [-0.2, 0) is 9.53 Å². The van der Waals surface area contributed by atoms with Crippen molar-refractivity contribution in [3.05, 3.63) is 23.5 Å². The average molecular weight is 400 g/mol. The zero-order valence-electron chi connectivity index (χ0n) is 17.7.